The first-order valence-electron chi connectivity index (χ1n) is 3.38. The molecule has 12 heavy (non-hydrogen) atoms. The molecule has 0 radical (unpaired) electrons. The number of nitrogens with one attached hydrogen (secondary N) is 2. The minimum absolute atomic E-state index is 0.167. The van der Waals surface area contributed by atoms with Crippen LogP contribution < -0.4 is 5.32 Å². The molecule has 0 saturated carbocycles. The van der Waals surface area contributed by atoms with Crippen LogP contribution in [0.15, 0.2) is 0 Å². The SMILES string of the molecule is CC(O)C(=O)NCc1nn[nH]n1. The van der Waals surface area contributed by atoms with Crippen molar-refractivity contribution in [1.82, 2.24) is 25.9 Å². The van der Waals surface area contributed by atoms with Gasteiger partial charge >= 0.3 is 0 Å². The van der Waals surface area contributed by atoms with Crippen molar-refractivity contribution < 1.29 is 9.90 Å². The van der Waals surface area contributed by atoms with E-state index in [2.05, 4.69) is 25.9 Å². The van der Waals surface area contributed by atoms with E-state index in [1.54, 1.807) is 0 Å². The smallest absolute Gasteiger partial charge is 0.248 e. The Morgan fingerprint density at radius 3 is 3.08 bits per heavy atom. The molecule has 3 N–H and O–H groups in total. The maximum Gasteiger partial charge on any atom is 0.248 e. The van der Waals surface area contributed by atoms with E-state index < -0.39 is 12.0 Å². The van der Waals surface area contributed by atoms with Crippen molar-refractivity contribution in [2.75, 3.05) is 0 Å². The van der Waals surface area contributed by atoms with Crippen LogP contribution in [-0.4, -0.2) is 37.7 Å². The molecule has 1 aromatic heterocycles. The molecule has 7 heteroatoms. The lowest BCUT2D eigenvalue weighted by molar-refractivity contribution is -0.128. The van der Waals surface area contributed by atoms with Gasteiger partial charge in [0.15, 0.2) is 5.82 Å². The number of aliphatic hydroxyl groups is 1. The molecule has 0 aliphatic heterocycles. The van der Waals surface area contributed by atoms with Crippen LogP contribution in [-0.2, 0) is 11.3 Å². The Bertz CT molecular complexity index is 244. The van der Waals surface area contributed by atoms with Gasteiger partial charge < -0.3 is 10.4 Å². The fraction of sp³-hybridized carbons (Fsp3) is 0.600. The Balaban J connectivity index is 2.32. The number of hydrogen-bond donors (Lipinski definition) is 3. The predicted octanol–water partition coefficient (Wildman–Crippen LogP) is -1.80. The second-order valence-corrected chi connectivity index (χ2v) is 2.22. The van der Waals surface area contributed by atoms with E-state index in [4.69, 9.17) is 5.11 Å². The van der Waals surface area contributed by atoms with E-state index in [1.807, 2.05) is 0 Å². The van der Waals surface area contributed by atoms with Crippen LogP contribution in [0.3, 0.4) is 0 Å². The Labute approximate surface area is 68.2 Å². The van der Waals surface area contributed by atoms with Crippen LogP contribution in [0.25, 0.3) is 0 Å². The minimum Gasteiger partial charge on any atom is -0.384 e. The molecule has 66 valence electrons. The van der Waals surface area contributed by atoms with Gasteiger partial charge in [0.1, 0.15) is 6.10 Å². The molecule has 1 aromatic rings. The number of tetrazole rings is 1. The van der Waals surface area contributed by atoms with Crippen LogP contribution in [0.1, 0.15) is 12.7 Å². The van der Waals surface area contributed by atoms with Gasteiger partial charge in [-0.3, -0.25) is 4.79 Å². The lowest BCUT2D eigenvalue weighted by Gasteiger charge is -2.03. The summed E-state index contributed by atoms with van der Waals surface area (Å²) in [6.07, 6.45) is -1.02. The van der Waals surface area contributed by atoms with Crippen molar-refractivity contribution in [3.63, 3.8) is 0 Å². The van der Waals surface area contributed by atoms with Gasteiger partial charge in [-0.05, 0) is 6.92 Å². The first kappa shape index (κ1) is 8.60. The summed E-state index contributed by atoms with van der Waals surface area (Å²) in [5.41, 5.74) is 0. The number of rotatable bonds is 3. The van der Waals surface area contributed by atoms with Crippen molar-refractivity contribution >= 4 is 5.91 Å². The lowest BCUT2D eigenvalue weighted by atomic mass is 10.4. The van der Waals surface area contributed by atoms with E-state index >= 15 is 0 Å². The van der Waals surface area contributed by atoms with Crippen molar-refractivity contribution in [3.05, 3.63) is 5.82 Å². The Morgan fingerprint density at radius 1 is 1.83 bits per heavy atom. The summed E-state index contributed by atoms with van der Waals surface area (Å²) in [6.45, 7) is 1.55. The van der Waals surface area contributed by atoms with Crippen molar-refractivity contribution in [2.45, 2.75) is 19.6 Å². The molecule has 7 nitrogen and oxygen atoms in total. The van der Waals surface area contributed by atoms with Gasteiger partial charge in [0, 0.05) is 0 Å². The lowest BCUT2D eigenvalue weighted by Crippen LogP contribution is -2.32. The molecule has 0 saturated heterocycles. The number of H-pyrrole nitrogens is 1. The molecule has 0 fully saturated rings. The largest absolute Gasteiger partial charge is 0.384 e. The summed E-state index contributed by atoms with van der Waals surface area (Å²) in [5.74, 6) is -0.0798. The zero-order valence-electron chi connectivity index (χ0n) is 6.48. The third-order valence-electron chi connectivity index (χ3n) is 1.19. The number of amides is 1. The summed E-state index contributed by atoms with van der Waals surface area (Å²) >= 11 is 0. The summed E-state index contributed by atoms with van der Waals surface area (Å²) in [4.78, 5) is 10.8. The van der Waals surface area contributed by atoms with Gasteiger partial charge in [0.2, 0.25) is 5.91 Å². The fourth-order valence-electron chi connectivity index (χ4n) is 0.571. The van der Waals surface area contributed by atoms with Crippen molar-refractivity contribution in [1.29, 1.82) is 0 Å². The second-order valence-electron chi connectivity index (χ2n) is 2.22. The molecule has 1 rings (SSSR count). The normalized spacial score (nSPS) is 12.5. The number of carbonyl (C=O) groups excluding carboxylic acids is 1. The highest BCUT2D eigenvalue weighted by Crippen LogP contribution is 1.84. The molecule has 1 heterocycles. The maximum atomic E-state index is 10.8. The Hall–Kier alpha value is -1.50. The fourth-order valence-corrected chi connectivity index (χ4v) is 0.571. The summed E-state index contributed by atoms with van der Waals surface area (Å²) in [6, 6.07) is 0. The van der Waals surface area contributed by atoms with E-state index in [1.165, 1.54) is 6.92 Å². The number of hydrogen-bond acceptors (Lipinski definition) is 5. The number of nitrogens with zero attached hydrogens (tertiary/aromatic N) is 3. The van der Waals surface area contributed by atoms with Crippen LogP contribution in [0, 0.1) is 0 Å². The van der Waals surface area contributed by atoms with Crippen LogP contribution in [0.4, 0.5) is 0 Å². The number of aromatic amines is 1. The summed E-state index contributed by atoms with van der Waals surface area (Å²) in [5, 5.41) is 23.9. The number of aromatic nitrogens is 4. The monoisotopic (exact) mass is 171 g/mol. The van der Waals surface area contributed by atoms with Crippen molar-refractivity contribution in [2.24, 2.45) is 0 Å². The zero-order valence-corrected chi connectivity index (χ0v) is 6.48. The van der Waals surface area contributed by atoms with Gasteiger partial charge in [-0.25, -0.2) is 0 Å². The summed E-state index contributed by atoms with van der Waals surface area (Å²) < 4.78 is 0. The van der Waals surface area contributed by atoms with Crippen molar-refractivity contribution in [3.8, 4) is 0 Å². The standard InChI is InChI=1S/C5H9N5O2/c1-3(11)5(12)6-2-4-7-9-10-8-4/h3,11H,2H2,1H3,(H,6,12)(H,7,8,9,10). The topological polar surface area (TPSA) is 104 Å². The van der Waals surface area contributed by atoms with Gasteiger partial charge in [-0.1, -0.05) is 5.21 Å². The molecular weight excluding hydrogens is 162 g/mol. The molecule has 0 aliphatic rings. The molecule has 1 unspecified atom stereocenters. The third-order valence-corrected chi connectivity index (χ3v) is 1.19. The Kier molecular flexibility index (Phi) is 2.70. The first-order chi connectivity index (χ1) is 5.70. The number of aliphatic hydroxyl groups excluding tert-OH is 1. The third kappa shape index (κ3) is 2.27. The maximum absolute atomic E-state index is 10.8. The van der Waals surface area contributed by atoms with E-state index in [9.17, 15) is 4.79 Å². The molecule has 1 amide bonds. The van der Waals surface area contributed by atoms with Crippen LogP contribution in [0.2, 0.25) is 0 Å². The van der Waals surface area contributed by atoms with Gasteiger partial charge in [0.25, 0.3) is 0 Å². The molecular formula is C5H9N5O2. The van der Waals surface area contributed by atoms with E-state index in [0.717, 1.165) is 0 Å². The van der Waals surface area contributed by atoms with Gasteiger partial charge in [0.05, 0.1) is 6.54 Å². The summed E-state index contributed by atoms with van der Waals surface area (Å²) in [7, 11) is 0. The quantitative estimate of drug-likeness (QED) is 0.497. The highest BCUT2D eigenvalue weighted by atomic mass is 16.3. The minimum atomic E-state index is -1.02. The molecule has 0 aliphatic carbocycles. The average molecular weight is 171 g/mol. The molecule has 0 spiro atoms. The predicted molar refractivity (Wildman–Crippen MR) is 37.7 cm³/mol. The second kappa shape index (κ2) is 3.77. The molecule has 0 bridgehead atoms. The molecule has 1 atom stereocenters. The van der Waals surface area contributed by atoms with Crippen LogP contribution >= 0.6 is 0 Å². The number of carbonyl (C=O) groups is 1. The highest BCUT2D eigenvalue weighted by Gasteiger charge is 2.08. The zero-order chi connectivity index (χ0) is 8.97. The van der Waals surface area contributed by atoms with Gasteiger partial charge in [-0.2, -0.15) is 5.21 Å². The van der Waals surface area contributed by atoms with E-state index in [0.29, 0.717) is 5.82 Å². The Morgan fingerprint density at radius 2 is 2.58 bits per heavy atom. The first-order valence-corrected chi connectivity index (χ1v) is 3.38. The molecule has 0 aromatic carbocycles. The highest BCUT2D eigenvalue weighted by molar-refractivity contribution is 5.79. The average Bonchev–Trinajstić information content (AvgIpc) is 2.51. The van der Waals surface area contributed by atoms with Gasteiger partial charge in [-0.15, -0.1) is 10.2 Å². The van der Waals surface area contributed by atoms with Crippen LogP contribution in [0.5, 0.6) is 0 Å². The van der Waals surface area contributed by atoms with E-state index in [-0.39, 0.29) is 6.54 Å².